The molecular formula is C21H27NO4. The molecule has 2 rings (SSSR count). The fraction of sp³-hybridized carbons (Fsp3) is 0.333. The van der Waals surface area contributed by atoms with E-state index in [-0.39, 0.29) is 5.57 Å². The van der Waals surface area contributed by atoms with Crippen molar-refractivity contribution in [3.8, 4) is 5.75 Å². The fourth-order valence-electron chi connectivity index (χ4n) is 2.25. The van der Waals surface area contributed by atoms with Crippen LogP contribution in [-0.2, 0) is 16.2 Å². The number of carbonyl (C=O) groups is 1. The third kappa shape index (κ3) is 6.59. The van der Waals surface area contributed by atoms with Crippen LogP contribution in [0.1, 0.15) is 39.2 Å². The highest BCUT2D eigenvalue weighted by Gasteiger charge is 2.10. The molecule has 1 aliphatic carbocycles. The molecular weight excluding hydrogens is 330 g/mol. The van der Waals surface area contributed by atoms with E-state index in [9.17, 15) is 4.79 Å². The first-order valence-electron chi connectivity index (χ1n) is 8.77. The first-order valence-corrected chi connectivity index (χ1v) is 8.77. The third-order valence-electron chi connectivity index (χ3n) is 3.63. The van der Waals surface area contributed by atoms with E-state index in [1.807, 2.05) is 51.1 Å². The highest BCUT2D eigenvalue weighted by molar-refractivity contribution is 6.00. The zero-order chi connectivity index (χ0) is 19.4. The molecule has 0 aliphatic heterocycles. The van der Waals surface area contributed by atoms with Crippen molar-refractivity contribution >= 4 is 11.7 Å². The molecule has 0 bridgehead atoms. The lowest BCUT2D eigenvalue weighted by molar-refractivity contribution is -0.132. The average molecular weight is 357 g/mol. The van der Waals surface area contributed by atoms with E-state index in [0.717, 1.165) is 22.6 Å². The molecule has 0 saturated heterocycles. The lowest BCUT2D eigenvalue weighted by Gasteiger charge is -2.07. The van der Waals surface area contributed by atoms with E-state index in [1.165, 1.54) is 0 Å². The Bertz CT molecular complexity index is 697. The predicted molar refractivity (Wildman–Crippen MR) is 104 cm³/mol. The van der Waals surface area contributed by atoms with Gasteiger partial charge >= 0.3 is 5.97 Å². The number of benzene rings is 1. The van der Waals surface area contributed by atoms with Gasteiger partial charge in [-0.2, -0.15) is 0 Å². The van der Waals surface area contributed by atoms with Gasteiger partial charge in [0.05, 0.1) is 18.4 Å². The number of carboxylic acid groups (broad SMARTS) is 1. The Morgan fingerprint density at radius 3 is 2.50 bits per heavy atom. The molecule has 0 radical (unpaired) electrons. The largest absolute Gasteiger partial charge is 0.497 e. The molecule has 0 aromatic heterocycles. The van der Waals surface area contributed by atoms with Crippen molar-refractivity contribution < 1.29 is 19.5 Å². The van der Waals surface area contributed by atoms with Crippen LogP contribution in [0.5, 0.6) is 5.75 Å². The van der Waals surface area contributed by atoms with Crippen LogP contribution in [0.4, 0.5) is 0 Å². The topological polar surface area (TPSA) is 68.1 Å². The minimum atomic E-state index is -0.924. The summed E-state index contributed by atoms with van der Waals surface area (Å²) in [5.74, 6) is -0.125. The number of aliphatic carboxylic acids is 1. The number of hydrogen-bond acceptors (Lipinski definition) is 4. The summed E-state index contributed by atoms with van der Waals surface area (Å²) in [5.41, 5.74) is 3.06. The van der Waals surface area contributed by atoms with Gasteiger partial charge in [-0.05, 0) is 42.2 Å². The highest BCUT2D eigenvalue weighted by Crippen LogP contribution is 2.16. The summed E-state index contributed by atoms with van der Waals surface area (Å²) in [4.78, 5) is 16.5. The molecule has 0 fully saturated rings. The second-order valence-electron chi connectivity index (χ2n) is 5.23. The van der Waals surface area contributed by atoms with Crippen molar-refractivity contribution in [1.29, 1.82) is 0 Å². The van der Waals surface area contributed by atoms with Crippen LogP contribution in [0.15, 0.2) is 64.9 Å². The molecule has 0 heterocycles. The molecule has 140 valence electrons. The molecule has 1 aromatic rings. The standard InChI is InChI=1S/C19H21NO4.C2H6/c1-3-18(15-5-4-6-16(10-9-15)19(21)22)20-24-13-14-7-11-17(23-2)12-8-14;1-2/h4-8,10-12H,3,9,13H2,1-2H3,(H,21,22);1-2H3/b20-18+;. The number of hydrogen-bond donors (Lipinski definition) is 1. The van der Waals surface area contributed by atoms with Crippen LogP contribution in [0.2, 0.25) is 0 Å². The van der Waals surface area contributed by atoms with Crippen LogP contribution in [0, 0.1) is 0 Å². The Morgan fingerprint density at radius 2 is 1.92 bits per heavy atom. The summed E-state index contributed by atoms with van der Waals surface area (Å²) in [5, 5.41) is 13.3. The molecule has 0 unspecified atom stereocenters. The maximum absolute atomic E-state index is 11.0. The summed E-state index contributed by atoms with van der Waals surface area (Å²) < 4.78 is 5.12. The van der Waals surface area contributed by atoms with E-state index in [2.05, 4.69) is 5.16 Å². The molecule has 0 amide bonds. The van der Waals surface area contributed by atoms with Gasteiger partial charge < -0.3 is 14.7 Å². The summed E-state index contributed by atoms with van der Waals surface area (Å²) in [6.45, 7) is 6.36. The van der Waals surface area contributed by atoms with Crippen LogP contribution < -0.4 is 4.74 Å². The first-order chi connectivity index (χ1) is 12.6. The fourth-order valence-corrected chi connectivity index (χ4v) is 2.25. The number of methoxy groups -OCH3 is 1. The molecule has 1 aliphatic rings. The van der Waals surface area contributed by atoms with Gasteiger partial charge in [0, 0.05) is 0 Å². The Hall–Kier alpha value is -2.82. The molecule has 1 N–H and O–H groups in total. The number of oxime groups is 1. The molecule has 0 spiro atoms. The second kappa shape index (κ2) is 11.7. The SMILES string of the molecule is CC.CC/C(=N\OCc1ccc(OC)cc1)C1=CC=CC(C(=O)O)=CC1. The molecule has 1 aromatic carbocycles. The smallest absolute Gasteiger partial charge is 0.335 e. The van der Waals surface area contributed by atoms with Crippen LogP contribution in [0.25, 0.3) is 0 Å². The van der Waals surface area contributed by atoms with E-state index >= 15 is 0 Å². The molecule has 0 atom stereocenters. The first kappa shape index (κ1) is 21.2. The van der Waals surface area contributed by atoms with Crippen molar-refractivity contribution in [2.45, 2.75) is 40.2 Å². The summed E-state index contributed by atoms with van der Waals surface area (Å²) in [6, 6.07) is 7.60. The maximum atomic E-state index is 11.0. The molecule has 5 heteroatoms. The van der Waals surface area contributed by atoms with Gasteiger partial charge in [-0.25, -0.2) is 4.79 Å². The monoisotopic (exact) mass is 357 g/mol. The van der Waals surface area contributed by atoms with Gasteiger partial charge in [-0.15, -0.1) is 0 Å². The van der Waals surface area contributed by atoms with Crippen molar-refractivity contribution in [3.63, 3.8) is 0 Å². The zero-order valence-corrected chi connectivity index (χ0v) is 15.9. The summed E-state index contributed by atoms with van der Waals surface area (Å²) in [7, 11) is 1.63. The number of rotatable bonds is 7. The van der Waals surface area contributed by atoms with Gasteiger partial charge in [-0.1, -0.05) is 56.3 Å². The predicted octanol–water partition coefficient (Wildman–Crippen LogP) is 4.90. The Kier molecular flexibility index (Phi) is 9.54. The van der Waals surface area contributed by atoms with Gasteiger partial charge in [0.25, 0.3) is 0 Å². The maximum Gasteiger partial charge on any atom is 0.335 e. The van der Waals surface area contributed by atoms with E-state index < -0.39 is 5.97 Å². The van der Waals surface area contributed by atoms with Gasteiger partial charge in [-0.3, -0.25) is 0 Å². The summed E-state index contributed by atoms with van der Waals surface area (Å²) >= 11 is 0. The van der Waals surface area contributed by atoms with E-state index in [4.69, 9.17) is 14.7 Å². The van der Waals surface area contributed by atoms with Crippen molar-refractivity contribution in [2.75, 3.05) is 7.11 Å². The van der Waals surface area contributed by atoms with Crippen molar-refractivity contribution in [3.05, 3.63) is 65.3 Å². The Labute approximate surface area is 155 Å². The third-order valence-corrected chi connectivity index (χ3v) is 3.63. The normalized spacial score (nSPS) is 13.6. The number of nitrogens with zero attached hydrogens (tertiary/aromatic N) is 1. The van der Waals surface area contributed by atoms with Crippen molar-refractivity contribution in [2.24, 2.45) is 5.16 Å². The highest BCUT2D eigenvalue weighted by atomic mass is 16.6. The quantitative estimate of drug-likeness (QED) is 0.556. The van der Waals surface area contributed by atoms with E-state index in [1.54, 1.807) is 25.3 Å². The number of ether oxygens (including phenoxy) is 1. The zero-order valence-electron chi connectivity index (χ0n) is 15.9. The van der Waals surface area contributed by atoms with Crippen molar-refractivity contribution in [1.82, 2.24) is 0 Å². The molecule has 5 nitrogen and oxygen atoms in total. The lowest BCUT2D eigenvalue weighted by atomic mass is 10.0. The van der Waals surface area contributed by atoms with Gasteiger partial charge in [0.1, 0.15) is 12.4 Å². The molecule has 26 heavy (non-hydrogen) atoms. The van der Waals surface area contributed by atoms with Crippen LogP contribution in [-0.4, -0.2) is 23.9 Å². The van der Waals surface area contributed by atoms with E-state index in [0.29, 0.717) is 19.4 Å². The number of carboxylic acids is 1. The minimum absolute atomic E-state index is 0.288. The minimum Gasteiger partial charge on any atom is -0.497 e. The van der Waals surface area contributed by atoms with Gasteiger partial charge in [0.15, 0.2) is 0 Å². The summed E-state index contributed by atoms with van der Waals surface area (Å²) in [6.07, 6.45) is 8.11. The lowest BCUT2D eigenvalue weighted by Crippen LogP contribution is -2.03. The Morgan fingerprint density at radius 1 is 1.23 bits per heavy atom. The second-order valence-corrected chi connectivity index (χ2v) is 5.23. The average Bonchev–Trinajstić information content (AvgIpc) is 2.94. The van der Waals surface area contributed by atoms with Crippen LogP contribution in [0.3, 0.4) is 0 Å². The Balaban J connectivity index is 0.00000163. The van der Waals surface area contributed by atoms with Crippen LogP contribution >= 0.6 is 0 Å². The molecule has 0 saturated carbocycles. The number of allylic oxidation sites excluding steroid dienone is 4. The van der Waals surface area contributed by atoms with Gasteiger partial charge in [0.2, 0.25) is 0 Å².